The summed E-state index contributed by atoms with van der Waals surface area (Å²) in [5, 5.41) is 6.56. The molecule has 0 radical (unpaired) electrons. The zero-order valence-corrected chi connectivity index (χ0v) is 20.2. The molecule has 0 aliphatic rings. The maximum absolute atomic E-state index is 4.00. The van der Waals surface area contributed by atoms with Gasteiger partial charge in [-0.05, 0) is 61.9 Å². The monoisotopic (exact) mass is 408 g/mol. The molecule has 0 spiro atoms. The number of rotatable bonds is 9. The summed E-state index contributed by atoms with van der Waals surface area (Å²) < 4.78 is 0. The summed E-state index contributed by atoms with van der Waals surface area (Å²) in [7, 11) is 0. The van der Waals surface area contributed by atoms with Crippen molar-refractivity contribution < 1.29 is 0 Å². The van der Waals surface area contributed by atoms with Crippen LogP contribution in [0.2, 0.25) is 0 Å². The Labute approximate surface area is 187 Å². The molecule has 0 aromatic heterocycles. The van der Waals surface area contributed by atoms with Gasteiger partial charge in [0.05, 0.1) is 6.67 Å². The summed E-state index contributed by atoms with van der Waals surface area (Å²) in [4.78, 5) is 0. The highest BCUT2D eigenvalue weighted by Crippen LogP contribution is 2.12. The fourth-order valence-corrected chi connectivity index (χ4v) is 2.43. The van der Waals surface area contributed by atoms with Gasteiger partial charge in [0.25, 0.3) is 0 Å². The lowest BCUT2D eigenvalue weighted by Crippen LogP contribution is -2.20. The molecule has 2 heteroatoms. The third-order valence-electron chi connectivity index (χ3n) is 4.51. The van der Waals surface area contributed by atoms with E-state index in [1.807, 2.05) is 13.8 Å². The van der Waals surface area contributed by atoms with E-state index in [0.717, 1.165) is 24.5 Å². The van der Waals surface area contributed by atoms with Gasteiger partial charge in [-0.25, -0.2) is 0 Å². The van der Waals surface area contributed by atoms with Crippen LogP contribution >= 0.6 is 0 Å². The molecule has 0 fully saturated rings. The average molecular weight is 409 g/mol. The molecule has 2 nitrogen and oxygen atoms in total. The lowest BCUT2D eigenvalue weighted by atomic mass is 10.1. The number of allylic oxidation sites excluding steroid dienone is 1. The van der Waals surface area contributed by atoms with Crippen LogP contribution in [0.15, 0.2) is 60.8 Å². The third-order valence-corrected chi connectivity index (χ3v) is 4.51. The Balaban J connectivity index is 0. The number of unbranched alkanes of at least 4 members (excludes halogenated alkanes) is 2. The molecule has 0 aliphatic carbocycles. The van der Waals surface area contributed by atoms with Crippen LogP contribution in [0.1, 0.15) is 70.1 Å². The van der Waals surface area contributed by atoms with Gasteiger partial charge in [0.15, 0.2) is 0 Å². The molecule has 166 valence electrons. The van der Waals surface area contributed by atoms with E-state index in [2.05, 4.69) is 106 Å². The largest absolute Gasteiger partial charge is 0.372 e. The summed E-state index contributed by atoms with van der Waals surface area (Å²) in [5.41, 5.74) is 6.39. The second-order valence-electron chi connectivity index (χ2n) is 6.73. The molecule has 2 aromatic carbocycles. The van der Waals surface area contributed by atoms with Crippen molar-refractivity contribution >= 4 is 5.69 Å². The first-order valence-electron chi connectivity index (χ1n) is 11.2. The van der Waals surface area contributed by atoms with Crippen molar-refractivity contribution in [3.63, 3.8) is 0 Å². The summed E-state index contributed by atoms with van der Waals surface area (Å²) in [6, 6.07) is 17.1. The topological polar surface area (TPSA) is 24.1 Å². The predicted molar refractivity (Wildman–Crippen MR) is 138 cm³/mol. The van der Waals surface area contributed by atoms with Crippen LogP contribution in [-0.4, -0.2) is 6.67 Å². The van der Waals surface area contributed by atoms with Gasteiger partial charge < -0.3 is 10.6 Å². The van der Waals surface area contributed by atoms with Crippen molar-refractivity contribution in [2.24, 2.45) is 0 Å². The van der Waals surface area contributed by atoms with E-state index in [-0.39, 0.29) is 0 Å². The number of aryl methyl sites for hydroxylation is 3. The van der Waals surface area contributed by atoms with Gasteiger partial charge in [-0.2, -0.15) is 0 Å². The molecular formula is C28H44N2. The normalized spacial score (nSPS) is 8.80. The zero-order valence-electron chi connectivity index (χ0n) is 20.2. The van der Waals surface area contributed by atoms with E-state index in [4.69, 9.17) is 0 Å². The predicted octanol–water partition coefficient (Wildman–Crippen LogP) is 7.88. The van der Waals surface area contributed by atoms with Gasteiger partial charge in [-0.3, -0.25) is 0 Å². The van der Waals surface area contributed by atoms with Crippen LogP contribution < -0.4 is 10.6 Å². The Morgan fingerprint density at radius 3 is 1.83 bits per heavy atom. The summed E-state index contributed by atoms with van der Waals surface area (Å²) in [6.07, 6.45) is 14.1. The number of nitrogens with one attached hydrogen (secondary N) is 2. The number of terminal acetylenes is 1. The van der Waals surface area contributed by atoms with Gasteiger partial charge >= 0.3 is 0 Å². The van der Waals surface area contributed by atoms with Gasteiger partial charge in [-0.15, -0.1) is 12.8 Å². The van der Waals surface area contributed by atoms with Crippen LogP contribution in [0.4, 0.5) is 5.69 Å². The molecule has 0 atom stereocenters. The van der Waals surface area contributed by atoms with Crippen molar-refractivity contribution in [2.45, 2.75) is 73.6 Å². The molecule has 0 amide bonds. The maximum Gasteiger partial charge on any atom is 0.0846 e. The fourth-order valence-electron chi connectivity index (χ4n) is 2.43. The van der Waals surface area contributed by atoms with Crippen LogP contribution in [0.5, 0.6) is 0 Å². The van der Waals surface area contributed by atoms with E-state index in [9.17, 15) is 0 Å². The average Bonchev–Trinajstić information content (AvgIpc) is 2.80. The van der Waals surface area contributed by atoms with Gasteiger partial charge in [-0.1, -0.05) is 83.5 Å². The zero-order chi connectivity index (χ0) is 23.2. The minimum Gasteiger partial charge on any atom is -0.372 e. The van der Waals surface area contributed by atoms with Crippen molar-refractivity contribution in [2.75, 3.05) is 12.0 Å². The Hall–Kier alpha value is -2.66. The summed E-state index contributed by atoms with van der Waals surface area (Å²) >= 11 is 0. The second-order valence-corrected chi connectivity index (χ2v) is 6.73. The van der Waals surface area contributed by atoms with Crippen LogP contribution in [0.25, 0.3) is 0 Å². The Morgan fingerprint density at radius 1 is 0.867 bits per heavy atom. The maximum atomic E-state index is 4.00. The number of anilines is 1. The molecule has 0 saturated heterocycles. The molecule has 30 heavy (non-hydrogen) atoms. The standard InChI is InChI=1S/C16H26N2.C8H10.C2H6.C2H2/c1-4-6-7-8-15-9-11-16(12-10-15)18-13-17-14(3)5-2;1-7-5-3-4-6-8(7)2;2*1-2/h9-12,17-18H,3-8,13H2,1-2H3;3-6H,1-2H3;1-2H3;1-2H. The van der Waals surface area contributed by atoms with E-state index < -0.39 is 0 Å². The van der Waals surface area contributed by atoms with Crippen LogP contribution in [-0.2, 0) is 6.42 Å². The van der Waals surface area contributed by atoms with E-state index in [1.54, 1.807) is 0 Å². The Morgan fingerprint density at radius 2 is 1.40 bits per heavy atom. The lowest BCUT2D eigenvalue weighted by molar-refractivity contribution is 0.717. The van der Waals surface area contributed by atoms with Crippen molar-refractivity contribution in [3.05, 3.63) is 77.5 Å². The molecule has 0 saturated carbocycles. The van der Waals surface area contributed by atoms with Gasteiger partial charge in [0.1, 0.15) is 0 Å². The number of hydrogen-bond donors (Lipinski definition) is 2. The highest BCUT2D eigenvalue weighted by molar-refractivity contribution is 5.44. The molecule has 2 aromatic rings. The number of benzene rings is 2. The number of hydrogen-bond acceptors (Lipinski definition) is 2. The van der Waals surface area contributed by atoms with E-state index in [0.29, 0.717) is 0 Å². The van der Waals surface area contributed by atoms with Gasteiger partial charge in [0, 0.05) is 11.4 Å². The fraction of sp³-hybridized carbons (Fsp3) is 0.429. The Kier molecular flexibility index (Phi) is 20.7. The SMILES string of the molecule is C#C.C=C(CC)NCNc1ccc(CCCCC)cc1.CC.Cc1ccccc1C. The quantitative estimate of drug-likeness (QED) is 0.250. The summed E-state index contributed by atoms with van der Waals surface area (Å²) in [5.74, 6) is 0. The van der Waals surface area contributed by atoms with Crippen molar-refractivity contribution in [1.82, 2.24) is 5.32 Å². The molecule has 0 unspecified atom stereocenters. The lowest BCUT2D eigenvalue weighted by Gasteiger charge is -2.10. The van der Waals surface area contributed by atoms with Crippen molar-refractivity contribution in [3.8, 4) is 12.8 Å². The first-order chi connectivity index (χ1) is 14.6. The minimum absolute atomic E-state index is 0.738. The molecule has 0 bridgehead atoms. The third kappa shape index (κ3) is 15.3. The first kappa shape index (κ1) is 29.5. The highest BCUT2D eigenvalue weighted by atomic mass is 15.1. The van der Waals surface area contributed by atoms with E-state index >= 15 is 0 Å². The molecule has 0 heterocycles. The first-order valence-corrected chi connectivity index (χ1v) is 11.2. The highest BCUT2D eigenvalue weighted by Gasteiger charge is 1.95. The molecule has 0 aliphatic heterocycles. The van der Waals surface area contributed by atoms with Crippen LogP contribution in [0.3, 0.4) is 0 Å². The Bertz CT molecular complexity index is 648. The van der Waals surface area contributed by atoms with Crippen molar-refractivity contribution in [1.29, 1.82) is 0 Å². The minimum atomic E-state index is 0.738. The molecule has 2 N–H and O–H groups in total. The van der Waals surface area contributed by atoms with E-state index in [1.165, 1.54) is 42.4 Å². The molecule has 2 rings (SSSR count). The second kappa shape index (κ2) is 21.1. The smallest absolute Gasteiger partial charge is 0.0846 e. The van der Waals surface area contributed by atoms with Gasteiger partial charge in [0.2, 0.25) is 0 Å². The van der Waals surface area contributed by atoms with Crippen LogP contribution in [0, 0.1) is 26.7 Å². The molecular weight excluding hydrogens is 364 g/mol. The summed E-state index contributed by atoms with van der Waals surface area (Å²) in [6.45, 7) is 17.2.